The molecule has 2 rings (SSSR count). The summed E-state index contributed by atoms with van der Waals surface area (Å²) < 4.78 is 32.1. The number of nitrogens with two attached hydrogens (primary N) is 1. The standard InChI is InChI=1S/C16H17F2N5O6/c1-6(24)12(15(26)27)21-16(28)20-10(5-11(19)25)14-22-13(23-29-14)8-4-7(17)2-3-9(8)18/h2-4,6,10,12,24H,5H2,1H3,(H2,19,25)(H,26,27)(H2,20,21,28)/t6?,10-,12?/m0/s1. The fourth-order valence-corrected chi connectivity index (χ4v) is 2.29. The third-order valence-corrected chi connectivity index (χ3v) is 3.65. The van der Waals surface area contributed by atoms with Gasteiger partial charge < -0.3 is 31.1 Å². The molecule has 0 bridgehead atoms. The number of rotatable bonds is 8. The SMILES string of the molecule is CC(O)C(NC(=O)N[C@@H](CC(N)=O)c1nc(-c2cc(F)ccc2F)no1)C(=O)O. The van der Waals surface area contributed by atoms with E-state index < -0.39 is 54.2 Å². The minimum atomic E-state index is -1.64. The van der Waals surface area contributed by atoms with Gasteiger partial charge in [0.1, 0.15) is 17.7 Å². The molecule has 0 aliphatic carbocycles. The molecule has 0 saturated carbocycles. The van der Waals surface area contributed by atoms with Gasteiger partial charge in [0.25, 0.3) is 0 Å². The van der Waals surface area contributed by atoms with Crippen LogP contribution in [0, 0.1) is 11.6 Å². The number of aliphatic carboxylic acids is 1. The van der Waals surface area contributed by atoms with Crippen LogP contribution in [0.2, 0.25) is 0 Å². The average molecular weight is 413 g/mol. The Kier molecular flexibility index (Phi) is 6.77. The van der Waals surface area contributed by atoms with Crippen molar-refractivity contribution in [1.82, 2.24) is 20.8 Å². The highest BCUT2D eigenvalue weighted by Crippen LogP contribution is 2.23. The highest BCUT2D eigenvalue weighted by Gasteiger charge is 2.29. The number of carbonyl (C=O) groups excluding carboxylic acids is 2. The van der Waals surface area contributed by atoms with Crippen LogP contribution in [0.5, 0.6) is 0 Å². The van der Waals surface area contributed by atoms with Crippen LogP contribution in [0.15, 0.2) is 22.7 Å². The Morgan fingerprint density at radius 2 is 1.97 bits per heavy atom. The van der Waals surface area contributed by atoms with Crippen LogP contribution in [0.4, 0.5) is 13.6 Å². The van der Waals surface area contributed by atoms with E-state index in [2.05, 4.69) is 15.5 Å². The summed E-state index contributed by atoms with van der Waals surface area (Å²) in [6, 6.07) is -1.44. The van der Waals surface area contributed by atoms with Crippen molar-refractivity contribution in [3.05, 3.63) is 35.7 Å². The smallest absolute Gasteiger partial charge is 0.328 e. The molecule has 156 valence electrons. The zero-order chi connectivity index (χ0) is 21.7. The van der Waals surface area contributed by atoms with E-state index in [-0.39, 0.29) is 17.3 Å². The fourth-order valence-electron chi connectivity index (χ4n) is 2.29. The van der Waals surface area contributed by atoms with Gasteiger partial charge in [-0.3, -0.25) is 4.79 Å². The number of benzene rings is 1. The number of aliphatic hydroxyl groups excluding tert-OH is 1. The summed E-state index contributed by atoms with van der Waals surface area (Å²) in [5.74, 6) is -4.67. The van der Waals surface area contributed by atoms with Gasteiger partial charge in [0.2, 0.25) is 17.6 Å². The Hall–Kier alpha value is -3.61. The maximum absolute atomic E-state index is 13.9. The number of aromatic nitrogens is 2. The van der Waals surface area contributed by atoms with E-state index in [0.717, 1.165) is 25.1 Å². The molecule has 1 heterocycles. The van der Waals surface area contributed by atoms with Crippen LogP contribution in [0.1, 0.15) is 25.3 Å². The first kappa shape index (κ1) is 21.7. The first-order valence-corrected chi connectivity index (χ1v) is 8.13. The molecule has 3 amide bonds. The molecule has 0 radical (unpaired) electrons. The van der Waals surface area contributed by atoms with Gasteiger partial charge in [0.15, 0.2) is 6.04 Å². The number of amides is 3. The molecule has 13 heteroatoms. The van der Waals surface area contributed by atoms with Crippen molar-refractivity contribution in [3.63, 3.8) is 0 Å². The Balaban J connectivity index is 2.24. The third-order valence-electron chi connectivity index (χ3n) is 3.65. The van der Waals surface area contributed by atoms with E-state index >= 15 is 0 Å². The lowest BCUT2D eigenvalue weighted by Crippen LogP contribution is -2.52. The molecular weight excluding hydrogens is 396 g/mol. The van der Waals surface area contributed by atoms with E-state index in [9.17, 15) is 28.3 Å². The van der Waals surface area contributed by atoms with Gasteiger partial charge in [0, 0.05) is 0 Å². The van der Waals surface area contributed by atoms with Crippen molar-refractivity contribution in [3.8, 4) is 11.4 Å². The summed E-state index contributed by atoms with van der Waals surface area (Å²) in [5.41, 5.74) is 4.80. The van der Waals surface area contributed by atoms with Crippen LogP contribution in [-0.2, 0) is 9.59 Å². The van der Waals surface area contributed by atoms with Crippen molar-refractivity contribution in [2.45, 2.75) is 31.5 Å². The quantitative estimate of drug-likeness (QED) is 0.403. The summed E-state index contributed by atoms with van der Waals surface area (Å²) in [7, 11) is 0. The predicted molar refractivity (Wildman–Crippen MR) is 91.0 cm³/mol. The van der Waals surface area contributed by atoms with Gasteiger partial charge in [-0.1, -0.05) is 5.16 Å². The molecule has 3 atom stereocenters. The van der Waals surface area contributed by atoms with Gasteiger partial charge in [-0.25, -0.2) is 18.4 Å². The molecule has 2 unspecified atom stereocenters. The summed E-state index contributed by atoms with van der Waals surface area (Å²) in [4.78, 5) is 38.2. The molecule has 6 N–H and O–H groups in total. The van der Waals surface area contributed by atoms with Crippen molar-refractivity contribution < 1.29 is 37.9 Å². The van der Waals surface area contributed by atoms with E-state index in [1.54, 1.807) is 0 Å². The molecule has 1 aromatic carbocycles. The first-order chi connectivity index (χ1) is 13.6. The zero-order valence-electron chi connectivity index (χ0n) is 14.9. The normalized spacial score (nSPS) is 13.9. The van der Waals surface area contributed by atoms with Gasteiger partial charge in [-0.2, -0.15) is 4.98 Å². The number of hydrogen-bond donors (Lipinski definition) is 5. The monoisotopic (exact) mass is 413 g/mol. The van der Waals surface area contributed by atoms with E-state index in [1.807, 2.05) is 5.32 Å². The lowest BCUT2D eigenvalue weighted by Gasteiger charge is -2.19. The number of urea groups is 1. The minimum Gasteiger partial charge on any atom is -0.480 e. The van der Waals surface area contributed by atoms with E-state index in [1.165, 1.54) is 0 Å². The summed E-state index contributed by atoms with van der Waals surface area (Å²) in [5, 5.41) is 26.1. The lowest BCUT2D eigenvalue weighted by molar-refractivity contribution is -0.141. The molecule has 0 aliphatic heterocycles. The van der Waals surface area contributed by atoms with Crippen molar-refractivity contribution in [2.75, 3.05) is 0 Å². The van der Waals surface area contributed by atoms with Crippen molar-refractivity contribution >= 4 is 17.9 Å². The van der Waals surface area contributed by atoms with Crippen molar-refractivity contribution in [2.24, 2.45) is 5.73 Å². The predicted octanol–water partition coefficient (Wildman–Crippen LogP) is 0.0645. The third kappa shape index (κ3) is 5.68. The highest BCUT2D eigenvalue weighted by molar-refractivity contribution is 5.83. The van der Waals surface area contributed by atoms with Crippen LogP contribution in [0.25, 0.3) is 11.4 Å². The minimum absolute atomic E-state index is 0.317. The van der Waals surface area contributed by atoms with Gasteiger partial charge in [-0.15, -0.1) is 0 Å². The van der Waals surface area contributed by atoms with Gasteiger partial charge >= 0.3 is 12.0 Å². The maximum Gasteiger partial charge on any atom is 0.328 e. The molecule has 11 nitrogen and oxygen atoms in total. The van der Waals surface area contributed by atoms with Crippen LogP contribution in [0.3, 0.4) is 0 Å². The van der Waals surface area contributed by atoms with Gasteiger partial charge in [-0.05, 0) is 25.1 Å². The number of hydrogen-bond acceptors (Lipinski definition) is 7. The number of carboxylic acid groups (broad SMARTS) is 1. The van der Waals surface area contributed by atoms with Crippen LogP contribution < -0.4 is 16.4 Å². The topological polar surface area (TPSA) is 181 Å². The fraction of sp³-hybridized carbons (Fsp3) is 0.312. The van der Waals surface area contributed by atoms with Gasteiger partial charge in [0.05, 0.1) is 18.1 Å². The van der Waals surface area contributed by atoms with E-state index in [0.29, 0.717) is 0 Å². The lowest BCUT2D eigenvalue weighted by atomic mass is 10.1. The number of carbonyl (C=O) groups is 3. The number of halogens is 2. The Bertz CT molecular complexity index is 919. The number of nitrogens with zero attached hydrogens (tertiary/aromatic N) is 2. The summed E-state index contributed by atoms with van der Waals surface area (Å²) in [6.45, 7) is 1.15. The number of aliphatic hydroxyl groups is 1. The van der Waals surface area contributed by atoms with Crippen molar-refractivity contribution in [1.29, 1.82) is 0 Å². The molecule has 0 fully saturated rings. The molecule has 0 saturated heterocycles. The molecule has 0 aliphatic rings. The molecule has 29 heavy (non-hydrogen) atoms. The number of carboxylic acids is 1. The first-order valence-electron chi connectivity index (χ1n) is 8.13. The maximum atomic E-state index is 13.9. The second kappa shape index (κ2) is 9.05. The Labute approximate surface area is 161 Å². The highest BCUT2D eigenvalue weighted by atomic mass is 19.1. The number of nitrogens with one attached hydrogen (secondary N) is 2. The van der Waals surface area contributed by atoms with E-state index in [4.69, 9.17) is 15.4 Å². The summed E-state index contributed by atoms with van der Waals surface area (Å²) in [6.07, 6.45) is -1.94. The average Bonchev–Trinajstić information content (AvgIpc) is 3.10. The van der Waals surface area contributed by atoms with Crippen LogP contribution in [-0.4, -0.2) is 50.4 Å². The molecule has 2 aromatic rings. The van der Waals surface area contributed by atoms with Crippen LogP contribution >= 0.6 is 0 Å². The largest absolute Gasteiger partial charge is 0.480 e. The second-order valence-electron chi connectivity index (χ2n) is 5.98. The zero-order valence-corrected chi connectivity index (χ0v) is 14.9. The molecule has 0 spiro atoms. The summed E-state index contributed by atoms with van der Waals surface area (Å²) >= 11 is 0. The Morgan fingerprint density at radius 3 is 2.55 bits per heavy atom. The molecule has 1 aromatic heterocycles. The molecular formula is C16H17F2N5O6. The Morgan fingerprint density at radius 1 is 1.28 bits per heavy atom. The second-order valence-corrected chi connectivity index (χ2v) is 5.98. The number of primary amides is 1.